The van der Waals surface area contributed by atoms with E-state index in [9.17, 15) is 4.79 Å². The van der Waals surface area contributed by atoms with Crippen molar-refractivity contribution in [3.8, 4) is 5.69 Å². The zero-order chi connectivity index (χ0) is 16.4. The third-order valence-electron chi connectivity index (χ3n) is 3.65. The van der Waals surface area contributed by atoms with Crippen LogP contribution >= 0.6 is 0 Å². The lowest BCUT2D eigenvalue weighted by atomic mass is 10.2. The first-order valence-electron chi connectivity index (χ1n) is 7.26. The fourth-order valence-electron chi connectivity index (χ4n) is 2.21. The second-order valence-electron chi connectivity index (χ2n) is 5.31. The average Bonchev–Trinajstić information content (AvgIpc) is 2.88. The molecule has 23 heavy (non-hydrogen) atoms. The number of nitrogens with one attached hydrogen (secondary N) is 1. The maximum absolute atomic E-state index is 12.1. The second-order valence-corrected chi connectivity index (χ2v) is 5.31. The van der Waals surface area contributed by atoms with Crippen molar-refractivity contribution in [2.45, 2.75) is 20.8 Å². The monoisotopic (exact) mass is 307 g/mol. The Morgan fingerprint density at radius 1 is 1.04 bits per heavy atom. The van der Waals surface area contributed by atoms with Crippen LogP contribution in [0, 0.1) is 20.8 Å². The van der Waals surface area contributed by atoms with Crippen LogP contribution in [0.4, 0.5) is 5.69 Å². The number of hydrogen-bond acceptors (Lipinski definition) is 4. The summed E-state index contributed by atoms with van der Waals surface area (Å²) in [6.07, 6.45) is 3.36. The van der Waals surface area contributed by atoms with Gasteiger partial charge in [-0.1, -0.05) is 0 Å². The predicted molar refractivity (Wildman–Crippen MR) is 87.8 cm³/mol. The van der Waals surface area contributed by atoms with Gasteiger partial charge in [-0.15, -0.1) is 0 Å². The molecule has 1 aromatic carbocycles. The number of imidazole rings is 1. The zero-order valence-electron chi connectivity index (χ0n) is 13.2. The highest BCUT2D eigenvalue weighted by Crippen LogP contribution is 2.17. The lowest BCUT2D eigenvalue weighted by molar-refractivity contribution is 0.101. The van der Waals surface area contributed by atoms with E-state index in [4.69, 9.17) is 0 Å². The first-order valence-corrected chi connectivity index (χ1v) is 7.26. The molecule has 0 fully saturated rings. The van der Waals surface area contributed by atoms with E-state index in [1.807, 2.05) is 49.6 Å². The molecule has 1 N–H and O–H groups in total. The maximum atomic E-state index is 12.1. The average molecular weight is 307 g/mol. The Bertz CT molecular complexity index is 852. The Morgan fingerprint density at radius 2 is 1.78 bits per heavy atom. The van der Waals surface area contributed by atoms with Gasteiger partial charge in [0.05, 0.1) is 12.0 Å². The van der Waals surface area contributed by atoms with Crippen LogP contribution in [0.3, 0.4) is 0 Å². The third kappa shape index (κ3) is 3.11. The van der Waals surface area contributed by atoms with E-state index >= 15 is 0 Å². The number of aryl methyl sites for hydroxylation is 2. The van der Waals surface area contributed by atoms with Crippen molar-refractivity contribution >= 4 is 11.6 Å². The SMILES string of the molecule is Cc1ccnc(C(=O)Nc2ccc(-n3cnc(C)c3C)cc2)n1. The molecular weight excluding hydrogens is 290 g/mol. The fourth-order valence-corrected chi connectivity index (χ4v) is 2.21. The predicted octanol–water partition coefficient (Wildman–Crippen LogP) is 2.84. The van der Waals surface area contributed by atoms with Gasteiger partial charge in [0.15, 0.2) is 0 Å². The molecule has 6 nitrogen and oxygen atoms in total. The van der Waals surface area contributed by atoms with E-state index in [1.165, 1.54) is 0 Å². The van der Waals surface area contributed by atoms with Gasteiger partial charge in [-0.3, -0.25) is 4.79 Å². The van der Waals surface area contributed by atoms with Crippen LogP contribution in [-0.2, 0) is 0 Å². The van der Waals surface area contributed by atoms with E-state index in [1.54, 1.807) is 18.6 Å². The number of hydrogen-bond donors (Lipinski definition) is 1. The normalized spacial score (nSPS) is 10.6. The molecule has 0 unspecified atom stereocenters. The van der Waals surface area contributed by atoms with Crippen LogP contribution in [0.5, 0.6) is 0 Å². The quantitative estimate of drug-likeness (QED) is 0.807. The van der Waals surface area contributed by atoms with Crippen LogP contribution < -0.4 is 5.32 Å². The highest BCUT2D eigenvalue weighted by molar-refractivity contribution is 6.01. The smallest absolute Gasteiger partial charge is 0.293 e. The lowest BCUT2D eigenvalue weighted by Crippen LogP contribution is -2.15. The number of anilines is 1. The number of nitrogens with zero attached hydrogens (tertiary/aromatic N) is 4. The Labute approximate surface area is 134 Å². The molecule has 3 aromatic rings. The molecule has 0 atom stereocenters. The molecule has 0 saturated carbocycles. The van der Waals surface area contributed by atoms with Crippen LogP contribution in [0.1, 0.15) is 27.7 Å². The molecule has 0 aliphatic carbocycles. The molecule has 6 heteroatoms. The maximum Gasteiger partial charge on any atom is 0.293 e. The van der Waals surface area contributed by atoms with Crippen LogP contribution in [0.15, 0.2) is 42.9 Å². The molecule has 2 aromatic heterocycles. The van der Waals surface area contributed by atoms with E-state index < -0.39 is 0 Å². The van der Waals surface area contributed by atoms with Crippen molar-refractivity contribution in [3.05, 3.63) is 65.8 Å². The Balaban J connectivity index is 1.78. The minimum atomic E-state index is -0.323. The summed E-state index contributed by atoms with van der Waals surface area (Å²) < 4.78 is 2.00. The molecule has 0 aliphatic heterocycles. The summed E-state index contributed by atoms with van der Waals surface area (Å²) in [4.78, 5) is 24.5. The summed E-state index contributed by atoms with van der Waals surface area (Å²) in [5, 5.41) is 2.80. The van der Waals surface area contributed by atoms with Crippen molar-refractivity contribution in [1.29, 1.82) is 0 Å². The molecule has 0 saturated heterocycles. The van der Waals surface area contributed by atoms with Crippen LogP contribution in [-0.4, -0.2) is 25.4 Å². The molecule has 2 heterocycles. The van der Waals surface area contributed by atoms with Crippen molar-refractivity contribution in [1.82, 2.24) is 19.5 Å². The molecule has 0 bridgehead atoms. The number of benzene rings is 1. The molecular formula is C17H17N5O. The number of carbonyl (C=O) groups excluding carboxylic acids is 1. The number of amides is 1. The van der Waals surface area contributed by atoms with E-state index in [2.05, 4.69) is 20.3 Å². The van der Waals surface area contributed by atoms with E-state index in [0.717, 1.165) is 22.8 Å². The van der Waals surface area contributed by atoms with Crippen molar-refractivity contribution < 1.29 is 4.79 Å². The Hall–Kier alpha value is -3.02. The molecule has 3 rings (SSSR count). The van der Waals surface area contributed by atoms with Gasteiger partial charge in [0.25, 0.3) is 5.91 Å². The highest BCUT2D eigenvalue weighted by Gasteiger charge is 2.10. The van der Waals surface area contributed by atoms with E-state index in [-0.39, 0.29) is 11.7 Å². The van der Waals surface area contributed by atoms with Gasteiger partial charge in [-0.05, 0) is 51.1 Å². The summed E-state index contributed by atoms with van der Waals surface area (Å²) >= 11 is 0. The third-order valence-corrected chi connectivity index (χ3v) is 3.65. The first-order chi connectivity index (χ1) is 11.0. The van der Waals surface area contributed by atoms with Gasteiger partial charge in [-0.2, -0.15) is 0 Å². The standard InChI is InChI=1S/C17H17N5O/c1-11-8-9-18-16(20-11)17(23)21-14-4-6-15(7-5-14)22-10-19-12(2)13(22)3/h4-10H,1-3H3,(H,21,23). The largest absolute Gasteiger partial charge is 0.319 e. The number of carbonyl (C=O) groups is 1. The zero-order valence-corrected chi connectivity index (χ0v) is 13.2. The van der Waals surface area contributed by atoms with Crippen molar-refractivity contribution in [2.75, 3.05) is 5.32 Å². The van der Waals surface area contributed by atoms with E-state index in [0.29, 0.717) is 5.69 Å². The van der Waals surface area contributed by atoms with Gasteiger partial charge in [0.2, 0.25) is 5.82 Å². The van der Waals surface area contributed by atoms with Gasteiger partial charge >= 0.3 is 0 Å². The van der Waals surface area contributed by atoms with Crippen molar-refractivity contribution in [2.24, 2.45) is 0 Å². The summed E-state index contributed by atoms with van der Waals surface area (Å²) in [7, 11) is 0. The first kappa shape index (κ1) is 14.9. The minimum Gasteiger partial charge on any atom is -0.319 e. The molecule has 116 valence electrons. The lowest BCUT2D eigenvalue weighted by Gasteiger charge is -2.08. The summed E-state index contributed by atoms with van der Waals surface area (Å²) in [5.74, 6) is -0.161. The molecule has 0 radical (unpaired) electrons. The van der Waals surface area contributed by atoms with Gasteiger partial charge in [0.1, 0.15) is 0 Å². The van der Waals surface area contributed by atoms with Crippen molar-refractivity contribution in [3.63, 3.8) is 0 Å². The molecule has 1 amide bonds. The number of aromatic nitrogens is 4. The summed E-state index contributed by atoms with van der Waals surface area (Å²) in [6.45, 7) is 5.82. The minimum absolute atomic E-state index is 0.162. The number of rotatable bonds is 3. The highest BCUT2D eigenvalue weighted by atomic mass is 16.2. The molecule has 0 aliphatic rings. The van der Waals surface area contributed by atoms with Gasteiger partial charge in [-0.25, -0.2) is 15.0 Å². The van der Waals surface area contributed by atoms with Gasteiger partial charge in [0, 0.05) is 29.0 Å². The molecule has 0 spiro atoms. The topological polar surface area (TPSA) is 72.7 Å². The van der Waals surface area contributed by atoms with Crippen LogP contribution in [0.2, 0.25) is 0 Å². The van der Waals surface area contributed by atoms with Crippen LogP contribution in [0.25, 0.3) is 5.69 Å². The Morgan fingerprint density at radius 3 is 2.39 bits per heavy atom. The second kappa shape index (κ2) is 6.00. The summed E-state index contributed by atoms with van der Waals surface area (Å²) in [6, 6.07) is 9.30. The van der Waals surface area contributed by atoms with Gasteiger partial charge < -0.3 is 9.88 Å². The fraction of sp³-hybridized carbons (Fsp3) is 0.176. The Kier molecular flexibility index (Phi) is 3.89. The summed E-state index contributed by atoms with van der Waals surface area (Å²) in [5.41, 5.74) is 4.53.